The quantitative estimate of drug-likeness (QED) is 0.623. The maximum Gasteiger partial charge on any atom is 0.0636 e. The molecule has 0 saturated heterocycles. The van der Waals surface area contributed by atoms with Crippen molar-refractivity contribution in [3.63, 3.8) is 0 Å². The van der Waals surface area contributed by atoms with Gasteiger partial charge in [0.05, 0.1) is 6.10 Å². The zero-order valence-electron chi connectivity index (χ0n) is 10.1. The Bertz CT molecular complexity index is 333. The van der Waals surface area contributed by atoms with Gasteiger partial charge in [0, 0.05) is 16.3 Å². The summed E-state index contributed by atoms with van der Waals surface area (Å²) in [6.07, 6.45) is 6.13. The van der Waals surface area contributed by atoms with E-state index in [0.29, 0.717) is 0 Å². The minimum absolute atomic E-state index is 0.166. The van der Waals surface area contributed by atoms with E-state index in [2.05, 4.69) is 0 Å². The molecule has 1 aliphatic rings. The van der Waals surface area contributed by atoms with Crippen LogP contribution in [0.1, 0.15) is 32.1 Å². The van der Waals surface area contributed by atoms with Gasteiger partial charge in [-0.3, -0.25) is 0 Å². The first-order valence-corrected chi connectivity index (χ1v) is 7.39. The van der Waals surface area contributed by atoms with Gasteiger partial charge in [-0.25, -0.2) is 0 Å². The van der Waals surface area contributed by atoms with Crippen molar-refractivity contribution < 1.29 is 5.11 Å². The summed E-state index contributed by atoms with van der Waals surface area (Å²) in [5.74, 6) is 1.55. The summed E-state index contributed by atoms with van der Waals surface area (Å²) in [6, 6.07) is 7.85. The summed E-state index contributed by atoms with van der Waals surface area (Å²) < 4.78 is 0. The summed E-state index contributed by atoms with van der Waals surface area (Å²) in [6.45, 7) is 0. The molecule has 2 nitrogen and oxygen atoms in total. The SMILES string of the molecule is Nc1ccc(SCC(O)CC2CCCC2)cc1. The van der Waals surface area contributed by atoms with Crippen molar-refractivity contribution in [3.05, 3.63) is 24.3 Å². The number of nitrogens with two attached hydrogens (primary N) is 1. The van der Waals surface area contributed by atoms with E-state index in [1.807, 2.05) is 24.3 Å². The molecule has 17 heavy (non-hydrogen) atoms. The smallest absolute Gasteiger partial charge is 0.0636 e. The minimum atomic E-state index is -0.166. The van der Waals surface area contributed by atoms with Crippen LogP contribution in [0.2, 0.25) is 0 Å². The number of aliphatic hydroxyl groups is 1. The molecule has 0 amide bonds. The third-order valence-corrected chi connectivity index (χ3v) is 4.56. The first kappa shape index (κ1) is 12.8. The fourth-order valence-corrected chi connectivity index (χ4v) is 3.30. The molecule has 1 unspecified atom stereocenters. The lowest BCUT2D eigenvalue weighted by atomic mass is 10.0. The predicted molar refractivity (Wildman–Crippen MR) is 74.2 cm³/mol. The molecule has 3 N–H and O–H groups in total. The highest BCUT2D eigenvalue weighted by Crippen LogP contribution is 2.30. The highest BCUT2D eigenvalue weighted by molar-refractivity contribution is 7.99. The lowest BCUT2D eigenvalue weighted by molar-refractivity contribution is 0.166. The number of nitrogen functional groups attached to an aromatic ring is 1. The molecule has 2 rings (SSSR count). The first-order chi connectivity index (χ1) is 8.24. The van der Waals surface area contributed by atoms with Gasteiger partial charge in [-0.05, 0) is 36.6 Å². The van der Waals surface area contributed by atoms with Crippen molar-refractivity contribution in [2.24, 2.45) is 5.92 Å². The topological polar surface area (TPSA) is 46.2 Å². The highest BCUT2D eigenvalue weighted by atomic mass is 32.2. The highest BCUT2D eigenvalue weighted by Gasteiger charge is 2.18. The molecule has 0 heterocycles. The lowest BCUT2D eigenvalue weighted by Crippen LogP contribution is -2.14. The standard InChI is InChI=1S/C14H21NOS/c15-12-5-7-14(8-6-12)17-10-13(16)9-11-3-1-2-4-11/h5-8,11,13,16H,1-4,9-10,15H2. The molecular weight excluding hydrogens is 230 g/mol. The fraction of sp³-hybridized carbons (Fsp3) is 0.571. The van der Waals surface area contributed by atoms with E-state index in [0.717, 1.165) is 23.8 Å². The second kappa shape index (κ2) is 6.31. The normalized spacial score (nSPS) is 18.4. The second-order valence-electron chi connectivity index (χ2n) is 4.92. The number of benzene rings is 1. The number of thioether (sulfide) groups is 1. The average Bonchev–Trinajstić information content (AvgIpc) is 2.81. The van der Waals surface area contributed by atoms with Crippen LogP contribution in [0.4, 0.5) is 5.69 Å². The number of hydrogen-bond donors (Lipinski definition) is 2. The van der Waals surface area contributed by atoms with E-state index in [-0.39, 0.29) is 6.10 Å². The Balaban J connectivity index is 1.71. The predicted octanol–water partition coefficient (Wildman–Crippen LogP) is 3.30. The van der Waals surface area contributed by atoms with Crippen LogP contribution < -0.4 is 5.73 Å². The monoisotopic (exact) mass is 251 g/mol. The van der Waals surface area contributed by atoms with Crippen molar-refractivity contribution in [2.45, 2.75) is 43.1 Å². The Hall–Kier alpha value is -0.670. The molecule has 1 atom stereocenters. The zero-order valence-corrected chi connectivity index (χ0v) is 11.0. The molecule has 1 aromatic carbocycles. The molecular formula is C14H21NOS. The summed E-state index contributed by atoms with van der Waals surface area (Å²) in [5.41, 5.74) is 6.43. The maximum absolute atomic E-state index is 9.98. The van der Waals surface area contributed by atoms with Crippen molar-refractivity contribution in [2.75, 3.05) is 11.5 Å². The molecule has 1 aromatic rings. The molecule has 1 aliphatic carbocycles. The number of anilines is 1. The second-order valence-corrected chi connectivity index (χ2v) is 6.01. The van der Waals surface area contributed by atoms with E-state index in [4.69, 9.17) is 5.73 Å². The van der Waals surface area contributed by atoms with Crippen LogP contribution in [0.5, 0.6) is 0 Å². The molecule has 0 spiro atoms. The largest absolute Gasteiger partial charge is 0.399 e. The van der Waals surface area contributed by atoms with E-state index in [1.165, 1.54) is 30.6 Å². The van der Waals surface area contributed by atoms with Crippen LogP contribution in [-0.4, -0.2) is 17.0 Å². The Morgan fingerprint density at radius 3 is 2.53 bits per heavy atom. The van der Waals surface area contributed by atoms with Gasteiger partial charge in [-0.2, -0.15) is 0 Å². The zero-order chi connectivity index (χ0) is 12.1. The van der Waals surface area contributed by atoms with Crippen molar-refractivity contribution in [3.8, 4) is 0 Å². The molecule has 0 aliphatic heterocycles. The van der Waals surface area contributed by atoms with Crippen molar-refractivity contribution in [1.29, 1.82) is 0 Å². The maximum atomic E-state index is 9.98. The van der Waals surface area contributed by atoms with Crippen LogP contribution in [0.3, 0.4) is 0 Å². The average molecular weight is 251 g/mol. The van der Waals surface area contributed by atoms with E-state index in [9.17, 15) is 5.11 Å². The van der Waals surface area contributed by atoms with E-state index in [1.54, 1.807) is 11.8 Å². The van der Waals surface area contributed by atoms with Gasteiger partial charge < -0.3 is 10.8 Å². The van der Waals surface area contributed by atoms with Crippen LogP contribution >= 0.6 is 11.8 Å². The Morgan fingerprint density at radius 1 is 1.24 bits per heavy atom. The van der Waals surface area contributed by atoms with Crippen LogP contribution in [0.25, 0.3) is 0 Å². The van der Waals surface area contributed by atoms with Crippen LogP contribution in [-0.2, 0) is 0 Å². The lowest BCUT2D eigenvalue weighted by Gasteiger charge is -2.14. The number of hydrogen-bond acceptors (Lipinski definition) is 3. The van der Waals surface area contributed by atoms with Gasteiger partial charge in [0.15, 0.2) is 0 Å². The molecule has 0 aromatic heterocycles. The number of aliphatic hydroxyl groups excluding tert-OH is 1. The first-order valence-electron chi connectivity index (χ1n) is 6.40. The van der Waals surface area contributed by atoms with Crippen molar-refractivity contribution >= 4 is 17.4 Å². The van der Waals surface area contributed by atoms with Crippen LogP contribution in [0, 0.1) is 5.92 Å². The molecule has 94 valence electrons. The minimum Gasteiger partial charge on any atom is -0.399 e. The van der Waals surface area contributed by atoms with Crippen molar-refractivity contribution in [1.82, 2.24) is 0 Å². The van der Waals surface area contributed by atoms with Gasteiger partial charge in [-0.1, -0.05) is 25.7 Å². The molecule has 0 bridgehead atoms. The Morgan fingerprint density at radius 2 is 1.88 bits per heavy atom. The van der Waals surface area contributed by atoms with E-state index >= 15 is 0 Å². The van der Waals surface area contributed by atoms with Gasteiger partial charge in [0.2, 0.25) is 0 Å². The third kappa shape index (κ3) is 4.25. The third-order valence-electron chi connectivity index (χ3n) is 3.40. The van der Waals surface area contributed by atoms with Gasteiger partial charge in [0.1, 0.15) is 0 Å². The van der Waals surface area contributed by atoms with Gasteiger partial charge >= 0.3 is 0 Å². The summed E-state index contributed by atoms with van der Waals surface area (Å²) in [5, 5.41) is 9.98. The fourth-order valence-electron chi connectivity index (χ4n) is 2.46. The molecule has 0 radical (unpaired) electrons. The van der Waals surface area contributed by atoms with Crippen LogP contribution in [0.15, 0.2) is 29.2 Å². The summed E-state index contributed by atoms with van der Waals surface area (Å²) >= 11 is 1.72. The summed E-state index contributed by atoms with van der Waals surface area (Å²) in [7, 11) is 0. The molecule has 3 heteroatoms. The molecule has 1 saturated carbocycles. The Labute approximate surface area is 108 Å². The number of rotatable bonds is 5. The van der Waals surface area contributed by atoms with Gasteiger partial charge in [0.25, 0.3) is 0 Å². The Kier molecular flexibility index (Phi) is 4.75. The van der Waals surface area contributed by atoms with Gasteiger partial charge in [-0.15, -0.1) is 11.8 Å². The summed E-state index contributed by atoms with van der Waals surface area (Å²) in [4.78, 5) is 1.18. The van der Waals surface area contributed by atoms with E-state index < -0.39 is 0 Å². The molecule has 1 fully saturated rings.